The number of halogens is 1. The number of hydrogen-bond acceptors (Lipinski definition) is 5. The van der Waals surface area contributed by atoms with Crippen molar-refractivity contribution in [3.8, 4) is 0 Å². The van der Waals surface area contributed by atoms with Crippen LogP contribution in [0.3, 0.4) is 0 Å². The average Bonchev–Trinajstić information content (AvgIpc) is 2.89. The van der Waals surface area contributed by atoms with E-state index in [1.165, 1.54) is 0 Å². The summed E-state index contributed by atoms with van der Waals surface area (Å²) < 4.78 is 25.6. The third-order valence-electron chi connectivity index (χ3n) is 3.59. The first-order valence-corrected chi connectivity index (χ1v) is 9.16. The molecule has 2 rings (SSSR count). The van der Waals surface area contributed by atoms with Crippen molar-refractivity contribution in [3.63, 3.8) is 0 Å². The second-order valence-corrected chi connectivity index (χ2v) is 8.60. The lowest BCUT2D eigenvalue weighted by Gasteiger charge is -2.20. The topological polar surface area (TPSA) is 75.4 Å². The molecule has 0 aromatic carbocycles. The summed E-state index contributed by atoms with van der Waals surface area (Å²) in [5, 5.41) is 14.7. The molecule has 0 radical (unpaired) electrons. The molecule has 2 heterocycles. The quantitative estimate of drug-likeness (QED) is 0.829. The Morgan fingerprint density at radius 1 is 1.60 bits per heavy atom. The molecule has 1 N–H and O–H groups in total. The van der Waals surface area contributed by atoms with Crippen molar-refractivity contribution in [2.75, 3.05) is 32.1 Å². The third kappa shape index (κ3) is 3.60. The van der Waals surface area contributed by atoms with Crippen molar-refractivity contribution >= 4 is 25.8 Å². The lowest BCUT2D eigenvalue weighted by Crippen LogP contribution is -2.23. The zero-order chi connectivity index (χ0) is 14.9. The van der Waals surface area contributed by atoms with E-state index in [0.717, 1.165) is 11.0 Å². The standard InChI is InChI=1S/C12H20BrN3O3S/c1-15(2)4-5-16-11(10(13)7-14-16)12(17)9-3-6-20(18,19)8-9/h7,9,12,17H,3-6,8H2,1-2H3. The number of aliphatic hydroxyl groups excluding tert-OH is 1. The van der Waals surface area contributed by atoms with E-state index in [-0.39, 0.29) is 17.4 Å². The minimum absolute atomic E-state index is 0.0550. The van der Waals surface area contributed by atoms with Crippen LogP contribution < -0.4 is 0 Å². The van der Waals surface area contributed by atoms with Crippen molar-refractivity contribution in [2.24, 2.45) is 5.92 Å². The van der Waals surface area contributed by atoms with Gasteiger partial charge < -0.3 is 10.0 Å². The van der Waals surface area contributed by atoms with Crippen LogP contribution in [0.5, 0.6) is 0 Å². The van der Waals surface area contributed by atoms with Gasteiger partial charge in [0.1, 0.15) is 6.10 Å². The molecule has 2 atom stereocenters. The summed E-state index contributed by atoms with van der Waals surface area (Å²) >= 11 is 3.39. The summed E-state index contributed by atoms with van der Waals surface area (Å²) in [5.41, 5.74) is 0.675. The number of nitrogens with zero attached hydrogens (tertiary/aromatic N) is 3. The van der Waals surface area contributed by atoms with Crippen molar-refractivity contribution in [1.29, 1.82) is 0 Å². The minimum Gasteiger partial charge on any atom is -0.386 e. The molecular formula is C12H20BrN3O3S. The zero-order valence-corrected chi connectivity index (χ0v) is 14.1. The van der Waals surface area contributed by atoms with Crippen LogP contribution >= 0.6 is 15.9 Å². The van der Waals surface area contributed by atoms with Gasteiger partial charge in [-0.05, 0) is 36.4 Å². The van der Waals surface area contributed by atoms with Crippen LogP contribution in [-0.2, 0) is 16.4 Å². The first-order valence-electron chi connectivity index (χ1n) is 6.54. The number of sulfone groups is 1. The smallest absolute Gasteiger partial charge is 0.150 e. The summed E-state index contributed by atoms with van der Waals surface area (Å²) in [6.45, 7) is 1.46. The molecule has 114 valence electrons. The number of aromatic nitrogens is 2. The molecule has 1 aromatic rings. The SMILES string of the molecule is CN(C)CCn1ncc(Br)c1C(O)C1CCS(=O)(=O)C1. The van der Waals surface area contributed by atoms with Crippen LogP contribution in [0.2, 0.25) is 0 Å². The Morgan fingerprint density at radius 2 is 2.30 bits per heavy atom. The Kier molecular flexibility index (Phi) is 4.88. The van der Waals surface area contributed by atoms with Gasteiger partial charge in [-0.3, -0.25) is 4.68 Å². The monoisotopic (exact) mass is 365 g/mol. The van der Waals surface area contributed by atoms with Gasteiger partial charge in [0.2, 0.25) is 0 Å². The molecule has 0 bridgehead atoms. The lowest BCUT2D eigenvalue weighted by atomic mass is 9.99. The van der Waals surface area contributed by atoms with Crippen LogP contribution in [-0.4, -0.2) is 60.4 Å². The first-order chi connectivity index (χ1) is 9.30. The van der Waals surface area contributed by atoms with E-state index in [4.69, 9.17) is 0 Å². The summed E-state index contributed by atoms with van der Waals surface area (Å²) in [7, 11) is 0.945. The molecule has 0 saturated carbocycles. The van der Waals surface area contributed by atoms with Gasteiger partial charge in [-0.15, -0.1) is 0 Å². The first kappa shape index (κ1) is 15.9. The van der Waals surface area contributed by atoms with Crippen molar-refractivity contribution < 1.29 is 13.5 Å². The Morgan fingerprint density at radius 3 is 2.85 bits per heavy atom. The van der Waals surface area contributed by atoms with Crippen LogP contribution in [0.1, 0.15) is 18.2 Å². The Hall–Kier alpha value is -0.440. The molecule has 2 unspecified atom stereocenters. The maximum absolute atomic E-state index is 11.5. The van der Waals surface area contributed by atoms with Gasteiger partial charge in [0, 0.05) is 12.5 Å². The third-order valence-corrected chi connectivity index (χ3v) is 5.99. The molecule has 20 heavy (non-hydrogen) atoms. The van der Waals surface area contributed by atoms with Gasteiger partial charge in [-0.2, -0.15) is 5.10 Å². The van der Waals surface area contributed by atoms with E-state index < -0.39 is 15.9 Å². The van der Waals surface area contributed by atoms with Gasteiger partial charge in [0.25, 0.3) is 0 Å². The molecule has 1 aromatic heterocycles. The van der Waals surface area contributed by atoms with E-state index in [2.05, 4.69) is 21.0 Å². The fourth-order valence-electron chi connectivity index (χ4n) is 2.43. The highest BCUT2D eigenvalue weighted by Crippen LogP contribution is 2.34. The number of hydrogen-bond donors (Lipinski definition) is 1. The van der Waals surface area contributed by atoms with Gasteiger partial charge in [-0.25, -0.2) is 8.42 Å². The fourth-order valence-corrected chi connectivity index (χ4v) is 4.80. The molecule has 1 aliphatic rings. The van der Waals surface area contributed by atoms with Crippen molar-refractivity contribution in [1.82, 2.24) is 14.7 Å². The van der Waals surface area contributed by atoms with Gasteiger partial charge in [0.05, 0.1) is 34.4 Å². The van der Waals surface area contributed by atoms with E-state index in [0.29, 0.717) is 18.7 Å². The van der Waals surface area contributed by atoms with E-state index >= 15 is 0 Å². The predicted molar refractivity (Wildman–Crippen MR) is 80.2 cm³/mol. The fraction of sp³-hybridized carbons (Fsp3) is 0.750. The molecule has 1 fully saturated rings. The summed E-state index contributed by atoms with van der Waals surface area (Å²) in [4.78, 5) is 2.03. The molecule has 0 spiro atoms. The normalized spacial score (nSPS) is 23.4. The highest BCUT2D eigenvalue weighted by Gasteiger charge is 2.35. The Balaban J connectivity index is 2.17. The summed E-state index contributed by atoms with van der Waals surface area (Å²) in [6.07, 6.45) is 1.36. The van der Waals surface area contributed by atoms with Gasteiger partial charge in [-0.1, -0.05) is 0 Å². The second-order valence-electron chi connectivity index (χ2n) is 5.51. The van der Waals surface area contributed by atoms with Crippen LogP contribution in [0.4, 0.5) is 0 Å². The molecule has 8 heteroatoms. The maximum Gasteiger partial charge on any atom is 0.150 e. The molecular weight excluding hydrogens is 346 g/mol. The number of rotatable bonds is 5. The molecule has 0 aliphatic carbocycles. The Bertz CT molecular complexity index is 571. The van der Waals surface area contributed by atoms with Crippen LogP contribution in [0.25, 0.3) is 0 Å². The molecule has 6 nitrogen and oxygen atoms in total. The average molecular weight is 366 g/mol. The van der Waals surface area contributed by atoms with E-state index in [1.807, 2.05) is 19.0 Å². The number of likely N-dealkylation sites (N-methyl/N-ethyl adjacent to an activating group) is 1. The summed E-state index contributed by atoms with van der Waals surface area (Å²) in [6, 6.07) is 0. The maximum atomic E-state index is 11.5. The zero-order valence-electron chi connectivity index (χ0n) is 11.7. The highest BCUT2D eigenvalue weighted by atomic mass is 79.9. The second kappa shape index (κ2) is 6.13. The van der Waals surface area contributed by atoms with Crippen LogP contribution in [0, 0.1) is 5.92 Å². The van der Waals surface area contributed by atoms with Crippen LogP contribution in [0.15, 0.2) is 10.7 Å². The molecule has 1 saturated heterocycles. The largest absolute Gasteiger partial charge is 0.386 e. The summed E-state index contributed by atoms with van der Waals surface area (Å²) in [5.74, 6) is -0.0245. The molecule has 1 aliphatic heterocycles. The lowest BCUT2D eigenvalue weighted by molar-refractivity contribution is 0.110. The number of aliphatic hydroxyl groups is 1. The van der Waals surface area contributed by atoms with Gasteiger partial charge >= 0.3 is 0 Å². The molecule has 0 amide bonds. The van der Waals surface area contributed by atoms with Crippen molar-refractivity contribution in [2.45, 2.75) is 19.1 Å². The Labute approximate surface area is 127 Å². The minimum atomic E-state index is -3.00. The predicted octanol–water partition coefficient (Wildman–Crippen LogP) is 0.675. The highest BCUT2D eigenvalue weighted by molar-refractivity contribution is 9.10. The van der Waals surface area contributed by atoms with E-state index in [9.17, 15) is 13.5 Å². The van der Waals surface area contributed by atoms with Gasteiger partial charge in [0.15, 0.2) is 9.84 Å². The van der Waals surface area contributed by atoms with Crippen molar-refractivity contribution in [3.05, 3.63) is 16.4 Å². The van der Waals surface area contributed by atoms with E-state index in [1.54, 1.807) is 10.9 Å².